The van der Waals surface area contributed by atoms with Gasteiger partial charge in [0.25, 0.3) is 5.91 Å². The predicted octanol–water partition coefficient (Wildman–Crippen LogP) is 3.58. The Hall–Kier alpha value is -3.48. The molecule has 0 fully saturated rings. The van der Waals surface area contributed by atoms with E-state index in [0.29, 0.717) is 17.2 Å². The maximum absolute atomic E-state index is 12.3. The van der Waals surface area contributed by atoms with Crippen LogP contribution in [0, 0.1) is 6.92 Å². The van der Waals surface area contributed by atoms with Crippen LogP contribution in [0.2, 0.25) is 0 Å². The second-order valence-corrected chi connectivity index (χ2v) is 6.63. The number of fused-ring (bicyclic) bond motifs is 2. The van der Waals surface area contributed by atoms with Gasteiger partial charge in [-0.3, -0.25) is 9.59 Å². The number of hydrogen-bond donors (Lipinski definition) is 1. The molecule has 28 heavy (non-hydrogen) atoms. The lowest BCUT2D eigenvalue weighted by molar-refractivity contribution is -0.152. The van der Waals surface area contributed by atoms with Crippen molar-refractivity contribution in [3.63, 3.8) is 0 Å². The van der Waals surface area contributed by atoms with E-state index >= 15 is 0 Å². The molecule has 0 saturated carbocycles. The Bertz CT molecular complexity index is 1050. The SMILES string of the molecule is Cc1ccc2c(CC(=O)O[C@H](C)C(=O)Nc3ccc4c(c3)OCO4)coc2c1. The number of ether oxygens (including phenoxy) is 3. The van der Waals surface area contributed by atoms with Gasteiger partial charge in [-0.15, -0.1) is 0 Å². The minimum Gasteiger partial charge on any atom is -0.464 e. The fourth-order valence-corrected chi connectivity index (χ4v) is 2.99. The summed E-state index contributed by atoms with van der Waals surface area (Å²) >= 11 is 0. The molecule has 1 aliphatic rings. The third kappa shape index (κ3) is 3.64. The largest absolute Gasteiger partial charge is 0.464 e. The molecule has 1 atom stereocenters. The van der Waals surface area contributed by atoms with Crippen LogP contribution in [-0.4, -0.2) is 24.8 Å². The fourth-order valence-electron chi connectivity index (χ4n) is 2.99. The molecular formula is C21H19NO6. The van der Waals surface area contributed by atoms with Crippen molar-refractivity contribution in [2.24, 2.45) is 0 Å². The van der Waals surface area contributed by atoms with Gasteiger partial charge in [-0.2, -0.15) is 0 Å². The van der Waals surface area contributed by atoms with E-state index in [2.05, 4.69) is 5.32 Å². The maximum atomic E-state index is 12.3. The Morgan fingerprint density at radius 1 is 1.14 bits per heavy atom. The molecule has 4 rings (SSSR count). The third-order valence-corrected chi connectivity index (χ3v) is 4.46. The minimum absolute atomic E-state index is 0.0255. The second kappa shape index (κ2) is 7.26. The van der Waals surface area contributed by atoms with Gasteiger partial charge in [0.05, 0.1) is 12.7 Å². The van der Waals surface area contributed by atoms with Crippen LogP contribution in [0.5, 0.6) is 11.5 Å². The quantitative estimate of drug-likeness (QED) is 0.680. The van der Waals surface area contributed by atoms with Crippen molar-refractivity contribution in [1.82, 2.24) is 0 Å². The van der Waals surface area contributed by atoms with Crippen molar-refractivity contribution in [1.29, 1.82) is 0 Å². The van der Waals surface area contributed by atoms with Gasteiger partial charge in [0, 0.05) is 22.7 Å². The number of furan rings is 1. The molecule has 2 aromatic carbocycles. The van der Waals surface area contributed by atoms with Crippen LogP contribution in [0.3, 0.4) is 0 Å². The maximum Gasteiger partial charge on any atom is 0.311 e. The molecule has 1 aromatic heterocycles. The highest BCUT2D eigenvalue weighted by molar-refractivity contribution is 5.95. The predicted molar refractivity (Wildman–Crippen MR) is 101 cm³/mol. The Kier molecular flexibility index (Phi) is 4.65. The van der Waals surface area contributed by atoms with Gasteiger partial charge >= 0.3 is 5.97 Å². The number of amides is 1. The van der Waals surface area contributed by atoms with Gasteiger partial charge in [-0.25, -0.2) is 0 Å². The molecule has 3 aromatic rings. The van der Waals surface area contributed by atoms with E-state index in [0.717, 1.165) is 22.1 Å². The molecule has 0 bridgehead atoms. The summed E-state index contributed by atoms with van der Waals surface area (Å²) in [5, 5.41) is 3.56. The highest BCUT2D eigenvalue weighted by Crippen LogP contribution is 2.34. The number of rotatable bonds is 5. The first-order valence-corrected chi connectivity index (χ1v) is 8.86. The molecule has 1 N–H and O–H groups in total. The molecule has 2 heterocycles. The Balaban J connectivity index is 1.36. The van der Waals surface area contributed by atoms with E-state index < -0.39 is 18.0 Å². The summed E-state index contributed by atoms with van der Waals surface area (Å²) in [6, 6.07) is 10.8. The van der Waals surface area contributed by atoms with Crippen molar-refractivity contribution in [3.8, 4) is 11.5 Å². The van der Waals surface area contributed by atoms with Crippen LogP contribution in [0.15, 0.2) is 47.1 Å². The van der Waals surface area contributed by atoms with Gasteiger partial charge in [0.1, 0.15) is 5.58 Å². The van der Waals surface area contributed by atoms with Crippen molar-refractivity contribution in [2.45, 2.75) is 26.4 Å². The van der Waals surface area contributed by atoms with Crippen LogP contribution in [-0.2, 0) is 20.7 Å². The van der Waals surface area contributed by atoms with Crippen LogP contribution in [0.1, 0.15) is 18.1 Å². The zero-order valence-corrected chi connectivity index (χ0v) is 15.5. The Labute approximate surface area is 161 Å². The zero-order chi connectivity index (χ0) is 19.7. The summed E-state index contributed by atoms with van der Waals surface area (Å²) in [7, 11) is 0. The average Bonchev–Trinajstić information content (AvgIpc) is 3.27. The van der Waals surface area contributed by atoms with E-state index in [1.54, 1.807) is 24.5 Å². The van der Waals surface area contributed by atoms with Crippen LogP contribution in [0.25, 0.3) is 11.0 Å². The van der Waals surface area contributed by atoms with Crippen LogP contribution in [0.4, 0.5) is 5.69 Å². The molecular weight excluding hydrogens is 362 g/mol. The zero-order valence-electron chi connectivity index (χ0n) is 15.5. The summed E-state index contributed by atoms with van der Waals surface area (Å²) in [5.74, 6) is 0.251. The van der Waals surface area contributed by atoms with E-state index in [1.807, 2.05) is 25.1 Å². The van der Waals surface area contributed by atoms with Gasteiger partial charge in [0.15, 0.2) is 17.6 Å². The number of nitrogens with one attached hydrogen (secondary N) is 1. The van der Waals surface area contributed by atoms with E-state index in [1.165, 1.54) is 6.92 Å². The first-order chi connectivity index (χ1) is 13.5. The normalized spacial score (nSPS) is 13.4. The molecule has 144 valence electrons. The Morgan fingerprint density at radius 2 is 1.96 bits per heavy atom. The molecule has 0 radical (unpaired) electrons. The van der Waals surface area contributed by atoms with E-state index in [-0.39, 0.29) is 13.2 Å². The lowest BCUT2D eigenvalue weighted by Crippen LogP contribution is -2.30. The third-order valence-electron chi connectivity index (χ3n) is 4.46. The van der Waals surface area contributed by atoms with E-state index in [9.17, 15) is 9.59 Å². The molecule has 7 nitrogen and oxygen atoms in total. The van der Waals surface area contributed by atoms with Gasteiger partial charge in [0.2, 0.25) is 6.79 Å². The summed E-state index contributed by atoms with van der Waals surface area (Å²) in [5.41, 5.74) is 3.05. The fraction of sp³-hybridized carbons (Fsp3) is 0.238. The summed E-state index contributed by atoms with van der Waals surface area (Å²) in [6.45, 7) is 3.65. The highest BCUT2D eigenvalue weighted by Gasteiger charge is 2.21. The highest BCUT2D eigenvalue weighted by atomic mass is 16.7. The summed E-state index contributed by atoms with van der Waals surface area (Å²) in [6.07, 6.45) is 0.624. The molecule has 1 aliphatic heterocycles. The standard InChI is InChI=1S/C21H19NO6/c1-12-3-5-16-14(10-25-18(16)7-12)8-20(23)28-13(2)21(24)22-15-4-6-17-19(9-15)27-11-26-17/h3-7,9-10,13H,8,11H2,1-2H3,(H,22,24)/t13-/m1/s1. The number of aryl methyl sites for hydroxylation is 1. The Morgan fingerprint density at radius 3 is 2.82 bits per heavy atom. The van der Waals surface area contributed by atoms with Crippen molar-refractivity contribution >= 4 is 28.5 Å². The lowest BCUT2D eigenvalue weighted by atomic mass is 10.1. The number of esters is 1. The van der Waals surface area contributed by atoms with Gasteiger partial charge < -0.3 is 23.9 Å². The number of benzene rings is 2. The van der Waals surface area contributed by atoms with Gasteiger partial charge in [-0.05, 0) is 37.6 Å². The lowest BCUT2D eigenvalue weighted by Gasteiger charge is -2.13. The van der Waals surface area contributed by atoms with Crippen LogP contribution < -0.4 is 14.8 Å². The second-order valence-electron chi connectivity index (χ2n) is 6.63. The minimum atomic E-state index is -0.946. The van der Waals surface area contributed by atoms with Crippen molar-refractivity contribution in [3.05, 3.63) is 53.8 Å². The van der Waals surface area contributed by atoms with Crippen LogP contribution >= 0.6 is 0 Å². The van der Waals surface area contributed by atoms with Crippen molar-refractivity contribution < 1.29 is 28.2 Å². The number of anilines is 1. The number of hydrogen-bond acceptors (Lipinski definition) is 6. The first kappa shape index (κ1) is 17.9. The first-order valence-electron chi connectivity index (χ1n) is 8.86. The molecule has 0 aliphatic carbocycles. The number of carbonyl (C=O) groups is 2. The molecule has 0 unspecified atom stereocenters. The number of carbonyl (C=O) groups excluding carboxylic acids is 2. The monoisotopic (exact) mass is 381 g/mol. The molecule has 1 amide bonds. The smallest absolute Gasteiger partial charge is 0.311 e. The summed E-state index contributed by atoms with van der Waals surface area (Å²) < 4.78 is 21.3. The van der Waals surface area contributed by atoms with E-state index in [4.69, 9.17) is 18.6 Å². The average molecular weight is 381 g/mol. The molecule has 0 spiro atoms. The van der Waals surface area contributed by atoms with Crippen molar-refractivity contribution in [2.75, 3.05) is 12.1 Å². The molecule has 7 heteroatoms. The van der Waals surface area contributed by atoms with Gasteiger partial charge in [-0.1, -0.05) is 12.1 Å². The summed E-state index contributed by atoms with van der Waals surface area (Å²) in [4.78, 5) is 24.6. The molecule has 0 saturated heterocycles. The topological polar surface area (TPSA) is 87.0 Å².